The van der Waals surface area contributed by atoms with Crippen LogP contribution in [0.1, 0.15) is 0 Å². The molecule has 0 radical (unpaired) electrons. The Bertz CT molecular complexity index is 140. The predicted octanol–water partition coefficient (Wildman–Crippen LogP) is -0.129. The normalized spacial score (nSPS) is 8.71. The topological polar surface area (TPSA) is 51.6 Å². The Labute approximate surface area is 53.5 Å². The summed E-state index contributed by atoms with van der Waals surface area (Å²) in [6, 6.07) is 0. The summed E-state index contributed by atoms with van der Waals surface area (Å²) in [6.07, 6.45) is 1.29. The highest BCUT2D eigenvalue weighted by molar-refractivity contribution is 14.1. The molecule has 0 fully saturated rings. The van der Waals surface area contributed by atoms with Crippen LogP contribution < -0.4 is 0 Å². The molecule has 0 aliphatic rings. The van der Waals surface area contributed by atoms with Gasteiger partial charge in [-0.3, -0.25) is 0 Å². The Morgan fingerprint density at radius 2 is 1.86 bits per heavy atom. The summed E-state index contributed by atoms with van der Waals surface area (Å²) in [5.74, 6) is 0. The van der Waals surface area contributed by atoms with Gasteiger partial charge in [0.15, 0.2) is 6.33 Å². The van der Waals surface area contributed by atoms with E-state index in [1.54, 1.807) is 0 Å². The maximum Gasteiger partial charge on any atom is 0.232 e. The summed E-state index contributed by atoms with van der Waals surface area (Å²) in [7, 11) is 0. The molecule has 36 valence electrons. The van der Waals surface area contributed by atoms with Crippen molar-refractivity contribution in [3.8, 4) is 0 Å². The zero-order chi connectivity index (χ0) is 5.11. The molecule has 0 bridgehead atoms. The fraction of sp³-hybridized carbons (Fsp3) is 0. The van der Waals surface area contributed by atoms with Crippen LogP contribution in [0.5, 0.6) is 0 Å². The van der Waals surface area contributed by atoms with Gasteiger partial charge in [0.1, 0.15) is 0 Å². The van der Waals surface area contributed by atoms with Gasteiger partial charge in [-0.1, -0.05) is 0 Å². The van der Waals surface area contributed by atoms with E-state index in [2.05, 4.69) is 20.4 Å². The lowest BCUT2D eigenvalue weighted by Crippen LogP contribution is -1.90. The average Bonchev–Trinajstić information content (AvgIpc) is 1.69. The second kappa shape index (κ2) is 2.10. The molecule has 0 spiro atoms. The van der Waals surface area contributed by atoms with E-state index in [-0.39, 0.29) is 0 Å². The first-order valence-electron chi connectivity index (χ1n) is 1.55. The molecule has 0 atom stereocenters. The van der Waals surface area contributed by atoms with E-state index in [0.717, 1.165) is 0 Å². The van der Waals surface area contributed by atoms with Gasteiger partial charge < -0.3 is 0 Å². The van der Waals surface area contributed by atoms with Gasteiger partial charge in [0.2, 0.25) is 3.83 Å². The van der Waals surface area contributed by atoms with Crippen molar-refractivity contribution in [2.45, 2.75) is 0 Å². The van der Waals surface area contributed by atoms with Gasteiger partial charge in [-0.2, -0.15) is 0 Å². The third kappa shape index (κ3) is 1.30. The van der Waals surface area contributed by atoms with Gasteiger partial charge in [-0.05, 0) is 0 Å². The molecule has 1 aromatic heterocycles. The molecule has 0 aromatic carbocycles. The first kappa shape index (κ1) is 4.82. The lowest BCUT2D eigenvalue weighted by Gasteiger charge is -1.76. The van der Waals surface area contributed by atoms with Gasteiger partial charge in [0, 0.05) is 22.6 Å². The lowest BCUT2D eigenvalue weighted by molar-refractivity contribution is 0.820. The predicted molar refractivity (Wildman–Crippen MR) is 30.3 cm³/mol. The van der Waals surface area contributed by atoms with E-state index in [1.165, 1.54) is 6.33 Å². The molecule has 0 N–H and O–H groups in total. The standard InChI is InChI=1S/C2HIN4/c3-2-6-4-1-5-7-2/h1H. The molecule has 0 saturated heterocycles. The van der Waals surface area contributed by atoms with E-state index in [4.69, 9.17) is 0 Å². The minimum atomic E-state index is 0.570. The molecular weight excluding hydrogens is 207 g/mol. The summed E-state index contributed by atoms with van der Waals surface area (Å²) in [6.45, 7) is 0. The van der Waals surface area contributed by atoms with Crippen LogP contribution in [0.2, 0.25) is 0 Å². The van der Waals surface area contributed by atoms with E-state index >= 15 is 0 Å². The Kier molecular flexibility index (Phi) is 1.45. The Hall–Kier alpha value is -0.330. The highest BCUT2D eigenvalue weighted by Gasteiger charge is 1.80. The summed E-state index contributed by atoms with van der Waals surface area (Å²) in [4.78, 5) is 0. The van der Waals surface area contributed by atoms with Crippen LogP contribution >= 0.6 is 22.6 Å². The average molecular weight is 208 g/mol. The van der Waals surface area contributed by atoms with Gasteiger partial charge >= 0.3 is 0 Å². The smallest absolute Gasteiger partial charge is 0.134 e. The van der Waals surface area contributed by atoms with E-state index < -0.39 is 0 Å². The molecule has 0 aliphatic heterocycles. The minimum absolute atomic E-state index is 0.570. The van der Waals surface area contributed by atoms with Crippen LogP contribution in [0.25, 0.3) is 0 Å². The molecule has 7 heavy (non-hydrogen) atoms. The van der Waals surface area contributed by atoms with Crippen molar-refractivity contribution in [1.82, 2.24) is 20.4 Å². The Morgan fingerprint density at radius 1 is 1.29 bits per heavy atom. The Balaban J connectivity index is 3.02. The van der Waals surface area contributed by atoms with Crippen molar-refractivity contribution in [3.05, 3.63) is 10.2 Å². The molecule has 0 amide bonds. The maximum atomic E-state index is 3.54. The molecule has 0 unspecified atom stereocenters. The molecule has 1 rings (SSSR count). The van der Waals surface area contributed by atoms with Crippen molar-refractivity contribution < 1.29 is 0 Å². The summed E-state index contributed by atoms with van der Waals surface area (Å²) >= 11 is 1.93. The summed E-state index contributed by atoms with van der Waals surface area (Å²) < 4.78 is 0.570. The SMILES string of the molecule is Ic1nncnn1. The number of hydrogen-bond donors (Lipinski definition) is 0. The van der Waals surface area contributed by atoms with Crippen molar-refractivity contribution in [3.63, 3.8) is 0 Å². The van der Waals surface area contributed by atoms with Crippen molar-refractivity contribution in [2.24, 2.45) is 0 Å². The largest absolute Gasteiger partial charge is 0.232 e. The van der Waals surface area contributed by atoms with Crippen LogP contribution in [0.15, 0.2) is 6.33 Å². The van der Waals surface area contributed by atoms with E-state index in [1.807, 2.05) is 22.6 Å². The first-order chi connectivity index (χ1) is 3.39. The highest BCUT2D eigenvalue weighted by Crippen LogP contribution is 1.84. The second-order valence-electron chi connectivity index (χ2n) is 0.815. The van der Waals surface area contributed by atoms with Gasteiger partial charge in [0.25, 0.3) is 0 Å². The van der Waals surface area contributed by atoms with E-state index in [9.17, 15) is 0 Å². The number of aromatic nitrogens is 4. The quantitative estimate of drug-likeness (QED) is 0.557. The maximum absolute atomic E-state index is 3.54. The Morgan fingerprint density at radius 3 is 2.14 bits per heavy atom. The minimum Gasteiger partial charge on any atom is -0.134 e. The number of hydrogen-bond acceptors (Lipinski definition) is 4. The van der Waals surface area contributed by atoms with Gasteiger partial charge in [-0.25, -0.2) is 0 Å². The van der Waals surface area contributed by atoms with Crippen molar-refractivity contribution >= 4 is 22.6 Å². The zero-order valence-electron chi connectivity index (χ0n) is 3.24. The molecule has 1 aromatic rings. The lowest BCUT2D eigenvalue weighted by atomic mass is 11.3. The van der Waals surface area contributed by atoms with Crippen molar-refractivity contribution in [1.29, 1.82) is 0 Å². The van der Waals surface area contributed by atoms with Crippen LogP contribution in [-0.2, 0) is 0 Å². The first-order valence-corrected chi connectivity index (χ1v) is 2.63. The molecule has 0 saturated carbocycles. The third-order valence-corrected chi connectivity index (χ3v) is 0.815. The number of halogens is 1. The molecular formula is C2HIN4. The van der Waals surface area contributed by atoms with E-state index in [0.29, 0.717) is 3.83 Å². The van der Waals surface area contributed by atoms with Crippen LogP contribution in [0, 0.1) is 3.83 Å². The molecule has 5 heteroatoms. The fourth-order valence-electron chi connectivity index (χ4n) is 0.190. The van der Waals surface area contributed by atoms with Crippen LogP contribution in [0.3, 0.4) is 0 Å². The summed E-state index contributed by atoms with van der Waals surface area (Å²) in [5, 5.41) is 14.0. The fourth-order valence-corrected chi connectivity index (χ4v) is 0.439. The zero-order valence-corrected chi connectivity index (χ0v) is 5.40. The monoisotopic (exact) mass is 208 g/mol. The number of nitrogens with zero attached hydrogens (tertiary/aromatic N) is 4. The van der Waals surface area contributed by atoms with Gasteiger partial charge in [-0.15, -0.1) is 20.4 Å². The molecule has 4 nitrogen and oxygen atoms in total. The van der Waals surface area contributed by atoms with Crippen LogP contribution in [0.4, 0.5) is 0 Å². The molecule has 1 heterocycles. The number of rotatable bonds is 0. The van der Waals surface area contributed by atoms with Gasteiger partial charge in [0.05, 0.1) is 0 Å². The van der Waals surface area contributed by atoms with Crippen LogP contribution in [-0.4, -0.2) is 20.4 Å². The molecule has 0 aliphatic carbocycles. The van der Waals surface area contributed by atoms with Crippen molar-refractivity contribution in [2.75, 3.05) is 0 Å². The second-order valence-corrected chi connectivity index (χ2v) is 1.78. The highest BCUT2D eigenvalue weighted by atomic mass is 127. The third-order valence-electron chi connectivity index (χ3n) is 0.384. The summed E-state index contributed by atoms with van der Waals surface area (Å²) in [5.41, 5.74) is 0.